The molecule has 0 heterocycles. The Bertz CT molecular complexity index is 1530. The van der Waals surface area contributed by atoms with Gasteiger partial charge in [0.15, 0.2) is 6.10 Å². The minimum absolute atomic E-state index is 0.0945. The SMILES string of the molecule is CC/C=C\C/C=C\C/C=C\C/C=C\CCCCCCCCCCCCCCCCCCCCCCC(=O)OCC(COC(=O)CC/C=C\C/C=C\C/C=C\C/C=C\CC)OC(=O)CCCCCCCCCCCCCCCC. The number of allylic oxidation sites excluding steroid dienone is 16. The summed E-state index contributed by atoms with van der Waals surface area (Å²) in [5.74, 6) is -0.966. The number of esters is 3. The molecule has 0 N–H and O–H groups in total. The number of carbonyl (C=O) groups excluding carboxylic acids is 3. The zero-order valence-electron chi connectivity index (χ0n) is 51.4. The van der Waals surface area contributed by atoms with Gasteiger partial charge in [-0.25, -0.2) is 0 Å². The highest BCUT2D eigenvalue weighted by atomic mass is 16.6. The van der Waals surface area contributed by atoms with Gasteiger partial charge in [-0.1, -0.05) is 317 Å². The lowest BCUT2D eigenvalue weighted by Gasteiger charge is -2.18. The first-order valence-corrected chi connectivity index (χ1v) is 33.2. The zero-order valence-corrected chi connectivity index (χ0v) is 51.4. The standard InChI is InChI=1S/C72H124O6/c1-4-7-10-13-16-19-22-25-27-28-29-30-31-32-33-34-35-36-37-38-39-40-41-42-43-44-45-48-50-53-56-59-62-65-71(74)77-68-69(67-76-70(73)64-61-58-55-52-49-46-24-21-18-15-12-9-6-3)78-72(75)66-63-60-57-54-51-47-26-23-20-17-14-11-8-5-2/h7,9-10,12,16,18-19,21,25,27,29-30,46,49,55,58,69H,4-6,8,11,13-15,17,20,22-24,26,28,31-45,47-48,50-54,56-57,59-68H2,1-3H3/b10-7-,12-9-,19-16-,21-18-,27-25-,30-29-,49-46-,58-55-. The van der Waals surface area contributed by atoms with Crippen LogP contribution in [0.3, 0.4) is 0 Å². The maximum absolute atomic E-state index is 12.9. The summed E-state index contributed by atoms with van der Waals surface area (Å²) < 4.78 is 16.8. The molecule has 0 spiro atoms. The Morgan fingerprint density at radius 1 is 0.269 bits per heavy atom. The van der Waals surface area contributed by atoms with Crippen molar-refractivity contribution < 1.29 is 28.6 Å². The molecule has 0 fully saturated rings. The van der Waals surface area contributed by atoms with Crippen LogP contribution in [0.2, 0.25) is 0 Å². The van der Waals surface area contributed by atoms with Crippen LogP contribution in [0.15, 0.2) is 97.2 Å². The third kappa shape index (κ3) is 63.2. The molecule has 0 saturated carbocycles. The van der Waals surface area contributed by atoms with Gasteiger partial charge in [0, 0.05) is 19.3 Å². The average Bonchev–Trinajstić information content (AvgIpc) is 3.44. The van der Waals surface area contributed by atoms with E-state index < -0.39 is 6.10 Å². The van der Waals surface area contributed by atoms with Crippen LogP contribution in [0.5, 0.6) is 0 Å². The molecule has 0 bridgehead atoms. The van der Waals surface area contributed by atoms with Gasteiger partial charge in [0.05, 0.1) is 0 Å². The summed E-state index contributed by atoms with van der Waals surface area (Å²) >= 11 is 0. The average molecular weight is 1090 g/mol. The summed E-state index contributed by atoms with van der Waals surface area (Å²) in [6.07, 6.45) is 88.9. The smallest absolute Gasteiger partial charge is 0.306 e. The fraction of sp³-hybridized carbons (Fsp3) is 0.736. The predicted octanol–water partition coefficient (Wildman–Crippen LogP) is 22.8. The summed E-state index contributed by atoms with van der Waals surface area (Å²) in [5.41, 5.74) is 0. The van der Waals surface area contributed by atoms with Crippen LogP contribution in [0.4, 0.5) is 0 Å². The highest BCUT2D eigenvalue weighted by Gasteiger charge is 2.19. The monoisotopic (exact) mass is 1080 g/mol. The Morgan fingerprint density at radius 2 is 0.526 bits per heavy atom. The van der Waals surface area contributed by atoms with Crippen molar-refractivity contribution >= 4 is 17.9 Å². The first-order valence-electron chi connectivity index (χ1n) is 33.2. The Kier molecular flexibility index (Phi) is 62.7. The molecular formula is C72H124O6. The van der Waals surface area contributed by atoms with Gasteiger partial charge in [0.1, 0.15) is 13.2 Å². The molecular weight excluding hydrogens is 961 g/mol. The number of ether oxygens (including phenoxy) is 3. The van der Waals surface area contributed by atoms with Gasteiger partial charge in [0.2, 0.25) is 0 Å². The van der Waals surface area contributed by atoms with Crippen molar-refractivity contribution in [2.45, 2.75) is 329 Å². The molecule has 78 heavy (non-hydrogen) atoms. The van der Waals surface area contributed by atoms with Crippen molar-refractivity contribution in [2.24, 2.45) is 0 Å². The highest BCUT2D eigenvalue weighted by Crippen LogP contribution is 2.17. The normalized spacial score (nSPS) is 12.7. The molecule has 0 amide bonds. The maximum Gasteiger partial charge on any atom is 0.306 e. The molecule has 0 aliphatic rings. The predicted molar refractivity (Wildman–Crippen MR) is 339 cm³/mol. The summed E-state index contributed by atoms with van der Waals surface area (Å²) in [6.45, 7) is 6.38. The fourth-order valence-electron chi connectivity index (χ4n) is 9.45. The van der Waals surface area contributed by atoms with Crippen LogP contribution in [0.1, 0.15) is 323 Å². The number of carbonyl (C=O) groups is 3. The van der Waals surface area contributed by atoms with Gasteiger partial charge in [-0.2, -0.15) is 0 Å². The lowest BCUT2D eigenvalue weighted by Crippen LogP contribution is -2.30. The Hall–Kier alpha value is -3.67. The second-order valence-corrected chi connectivity index (χ2v) is 22.0. The van der Waals surface area contributed by atoms with E-state index in [9.17, 15) is 14.4 Å². The van der Waals surface area contributed by atoms with Crippen LogP contribution in [-0.4, -0.2) is 37.2 Å². The van der Waals surface area contributed by atoms with Crippen LogP contribution in [0, 0.1) is 0 Å². The molecule has 0 aromatic rings. The van der Waals surface area contributed by atoms with E-state index in [1.807, 2.05) is 6.08 Å². The number of rotatable bonds is 60. The van der Waals surface area contributed by atoms with E-state index in [0.717, 1.165) is 89.9 Å². The third-order valence-corrected chi connectivity index (χ3v) is 14.3. The first kappa shape index (κ1) is 74.3. The van der Waals surface area contributed by atoms with E-state index in [1.165, 1.54) is 186 Å². The first-order chi connectivity index (χ1) is 38.5. The molecule has 0 aromatic carbocycles. The molecule has 6 nitrogen and oxygen atoms in total. The minimum Gasteiger partial charge on any atom is -0.462 e. The Morgan fingerprint density at radius 3 is 0.859 bits per heavy atom. The maximum atomic E-state index is 12.9. The summed E-state index contributed by atoms with van der Waals surface area (Å²) in [7, 11) is 0. The molecule has 1 unspecified atom stereocenters. The van der Waals surface area contributed by atoms with Crippen molar-refractivity contribution in [2.75, 3.05) is 13.2 Å². The minimum atomic E-state index is -0.803. The van der Waals surface area contributed by atoms with Gasteiger partial charge in [-0.3, -0.25) is 14.4 Å². The van der Waals surface area contributed by atoms with Crippen molar-refractivity contribution in [3.05, 3.63) is 97.2 Å². The summed E-state index contributed by atoms with van der Waals surface area (Å²) in [4.78, 5) is 38.2. The second kappa shape index (κ2) is 65.8. The molecule has 0 aliphatic carbocycles. The van der Waals surface area contributed by atoms with Gasteiger partial charge in [-0.15, -0.1) is 0 Å². The van der Waals surface area contributed by atoms with Crippen molar-refractivity contribution in [3.63, 3.8) is 0 Å². The van der Waals surface area contributed by atoms with Gasteiger partial charge >= 0.3 is 17.9 Å². The van der Waals surface area contributed by atoms with E-state index in [4.69, 9.17) is 14.2 Å². The zero-order chi connectivity index (χ0) is 56.4. The number of hydrogen-bond donors (Lipinski definition) is 0. The Balaban J connectivity index is 4.14. The molecule has 0 rings (SSSR count). The fourth-order valence-corrected chi connectivity index (χ4v) is 9.45. The van der Waals surface area contributed by atoms with Crippen molar-refractivity contribution in [1.82, 2.24) is 0 Å². The lowest BCUT2D eigenvalue weighted by molar-refractivity contribution is -0.166. The largest absolute Gasteiger partial charge is 0.462 e. The van der Waals surface area contributed by atoms with Crippen molar-refractivity contribution in [1.29, 1.82) is 0 Å². The van der Waals surface area contributed by atoms with Gasteiger partial charge < -0.3 is 14.2 Å². The van der Waals surface area contributed by atoms with E-state index in [-0.39, 0.29) is 37.5 Å². The quantitative estimate of drug-likeness (QED) is 0.0261. The third-order valence-electron chi connectivity index (χ3n) is 14.3. The number of unbranched alkanes of at least 4 members (excludes halogenated alkanes) is 33. The van der Waals surface area contributed by atoms with Gasteiger partial charge in [-0.05, 0) is 83.5 Å². The van der Waals surface area contributed by atoms with Crippen molar-refractivity contribution in [3.8, 4) is 0 Å². The summed E-state index contributed by atoms with van der Waals surface area (Å²) in [5, 5.41) is 0. The van der Waals surface area contributed by atoms with Gasteiger partial charge in [0.25, 0.3) is 0 Å². The molecule has 1 atom stereocenters. The molecule has 6 heteroatoms. The second-order valence-electron chi connectivity index (χ2n) is 22.0. The van der Waals surface area contributed by atoms with E-state index in [2.05, 4.69) is 112 Å². The van der Waals surface area contributed by atoms with E-state index >= 15 is 0 Å². The molecule has 0 aromatic heterocycles. The molecule has 0 saturated heterocycles. The van der Waals surface area contributed by atoms with Crippen LogP contribution in [0.25, 0.3) is 0 Å². The van der Waals surface area contributed by atoms with Crippen LogP contribution >= 0.6 is 0 Å². The van der Waals surface area contributed by atoms with E-state index in [1.54, 1.807) is 0 Å². The topological polar surface area (TPSA) is 78.9 Å². The summed E-state index contributed by atoms with van der Waals surface area (Å²) in [6, 6.07) is 0. The lowest BCUT2D eigenvalue weighted by atomic mass is 10.0. The van der Waals surface area contributed by atoms with Crippen LogP contribution < -0.4 is 0 Å². The Labute approximate surface area is 483 Å². The number of hydrogen-bond acceptors (Lipinski definition) is 6. The molecule has 0 aliphatic heterocycles. The van der Waals surface area contributed by atoms with E-state index in [0.29, 0.717) is 19.3 Å². The van der Waals surface area contributed by atoms with Crippen LogP contribution in [-0.2, 0) is 28.6 Å². The molecule has 448 valence electrons. The highest BCUT2D eigenvalue weighted by molar-refractivity contribution is 5.71. The molecule has 0 radical (unpaired) electrons.